The van der Waals surface area contributed by atoms with E-state index in [1.807, 2.05) is 0 Å². The van der Waals surface area contributed by atoms with Crippen molar-refractivity contribution in [2.45, 2.75) is 12.8 Å². The van der Waals surface area contributed by atoms with E-state index in [1.165, 1.54) is 0 Å². The van der Waals surface area contributed by atoms with Crippen molar-refractivity contribution in [3.63, 3.8) is 0 Å². The summed E-state index contributed by atoms with van der Waals surface area (Å²) in [5, 5.41) is 0. The van der Waals surface area contributed by atoms with Gasteiger partial charge in [-0.3, -0.25) is 4.79 Å². The molecule has 0 aliphatic rings. The van der Waals surface area contributed by atoms with Crippen molar-refractivity contribution in [1.82, 2.24) is 0 Å². The maximum absolute atomic E-state index is 13.0. The molecular weight excluding hydrogens is 240 g/mol. The second-order valence-electron chi connectivity index (χ2n) is 2.98. The van der Waals surface area contributed by atoms with Crippen molar-refractivity contribution >= 4 is 5.97 Å². The van der Waals surface area contributed by atoms with E-state index in [-0.39, 0.29) is 18.9 Å². The van der Waals surface area contributed by atoms with Gasteiger partial charge in [0.15, 0.2) is 11.6 Å². The minimum atomic E-state index is -1.77. The molecular formula is C11H6F4O2. The van der Waals surface area contributed by atoms with E-state index in [9.17, 15) is 22.4 Å². The van der Waals surface area contributed by atoms with Gasteiger partial charge >= 0.3 is 5.97 Å². The Morgan fingerprint density at radius 1 is 1.24 bits per heavy atom. The van der Waals surface area contributed by atoms with Crippen LogP contribution < -0.4 is 4.74 Å². The number of terminal acetylenes is 1. The molecule has 1 rings (SSSR count). The first-order valence-electron chi connectivity index (χ1n) is 4.44. The average molecular weight is 246 g/mol. The number of carbonyl (C=O) groups is 1. The third-order valence-corrected chi connectivity index (χ3v) is 1.76. The van der Waals surface area contributed by atoms with E-state index >= 15 is 0 Å². The van der Waals surface area contributed by atoms with Crippen LogP contribution in [-0.4, -0.2) is 5.97 Å². The second-order valence-corrected chi connectivity index (χ2v) is 2.98. The van der Waals surface area contributed by atoms with Crippen LogP contribution in [0, 0.1) is 35.6 Å². The molecule has 0 amide bonds. The molecule has 0 heterocycles. The summed E-state index contributed by atoms with van der Waals surface area (Å²) >= 11 is 0. The van der Waals surface area contributed by atoms with E-state index in [4.69, 9.17) is 6.42 Å². The van der Waals surface area contributed by atoms with Crippen molar-refractivity contribution in [2.24, 2.45) is 0 Å². The minimum absolute atomic E-state index is 0.0140. The van der Waals surface area contributed by atoms with Crippen LogP contribution >= 0.6 is 0 Å². The zero-order valence-corrected chi connectivity index (χ0v) is 8.40. The summed E-state index contributed by atoms with van der Waals surface area (Å²) in [6, 6.07) is 0.0173. The Kier molecular flexibility index (Phi) is 4.10. The van der Waals surface area contributed by atoms with Crippen LogP contribution in [-0.2, 0) is 4.79 Å². The van der Waals surface area contributed by atoms with Crippen LogP contribution in [0.1, 0.15) is 12.8 Å². The maximum Gasteiger partial charge on any atom is 0.312 e. The molecule has 0 atom stereocenters. The molecule has 0 spiro atoms. The Hall–Kier alpha value is -2.03. The summed E-state index contributed by atoms with van der Waals surface area (Å²) in [5.41, 5.74) is 0. The van der Waals surface area contributed by atoms with Gasteiger partial charge in [-0.2, -0.15) is 8.78 Å². The highest BCUT2D eigenvalue weighted by Gasteiger charge is 2.22. The van der Waals surface area contributed by atoms with Crippen LogP contribution in [0.15, 0.2) is 6.07 Å². The highest BCUT2D eigenvalue weighted by atomic mass is 19.2. The number of hydrogen-bond donors (Lipinski definition) is 0. The van der Waals surface area contributed by atoms with Crippen molar-refractivity contribution in [3.8, 4) is 18.1 Å². The molecule has 0 saturated carbocycles. The van der Waals surface area contributed by atoms with Gasteiger partial charge in [0.05, 0.1) is 6.42 Å². The monoisotopic (exact) mass is 246 g/mol. The summed E-state index contributed by atoms with van der Waals surface area (Å²) < 4.78 is 55.7. The lowest BCUT2D eigenvalue weighted by molar-refractivity contribution is -0.134. The molecule has 0 aliphatic heterocycles. The van der Waals surface area contributed by atoms with Crippen LogP contribution in [0.3, 0.4) is 0 Å². The van der Waals surface area contributed by atoms with Crippen molar-refractivity contribution in [1.29, 1.82) is 0 Å². The van der Waals surface area contributed by atoms with Gasteiger partial charge in [0.1, 0.15) is 0 Å². The first-order valence-corrected chi connectivity index (χ1v) is 4.44. The fourth-order valence-electron chi connectivity index (χ4n) is 0.980. The highest BCUT2D eigenvalue weighted by molar-refractivity contribution is 5.72. The molecule has 0 saturated heterocycles. The Morgan fingerprint density at radius 3 is 2.24 bits per heavy atom. The summed E-state index contributed by atoms with van der Waals surface area (Å²) in [6.07, 6.45) is 4.53. The van der Waals surface area contributed by atoms with E-state index in [0.29, 0.717) is 0 Å². The van der Waals surface area contributed by atoms with Crippen molar-refractivity contribution in [2.75, 3.05) is 0 Å². The number of carbonyl (C=O) groups excluding carboxylic acids is 1. The zero-order chi connectivity index (χ0) is 13.0. The van der Waals surface area contributed by atoms with E-state index < -0.39 is 35.0 Å². The maximum atomic E-state index is 13.0. The van der Waals surface area contributed by atoms with Crippen molar-refractivity contribution < 1.29 is 27.1 Å². The standard InChI is InChI=1S/C11H6F4O2/c1-2-3-4-8(16)17-11-9(14)6(12)5-7(13)10(11)15/h1,5H,3-4H2. The fraction of sp³-hybridized carbons (Fsp3) is 0.182. The number of rotatable bonds is 3. The van der Waals surface area contributed by atoms with Crippen LogP contribution in [0.25, 0.3) is 0 Å². The third kappa shape index (κ3) is 2.97. The normalized spacial score (nSPS) is 9.82. The zero-order valence-electron chi connectivity index (χ0n) is 8.40. The molecule has 0 radical (unpaired) electrons. The molecule has 0 aromatic heterocycles. The number of ether oxygens (including phenoxy) is 1. The predicted octanol–water partition coefficient (Wildman–Crippen LogP) is 2.56. The van der Waals surface area contributed by atoms with Gasteiger partial charge in [0, 0.05) is 12.5 Å². The van der Waals surface area contributed by atoms with E-state index in [2.05, 4.69) is 10.7 Å². The van der Waals surface area contributed by atoms with E-state index in [1.54, 1.807) is 0 Å². The predicted molar refractivity (Wildman–Crippen MR) is 50.0 cm³/mol. The first-order chi connectivity index (χ1) is 7.97. The molecule has 1 aromatic carbocycles. The first kappa shape index (κ1) is 13.0. The van der Waals surface area contributed by atoms with Crippen LogP contribution in [0.5, 0.6) is 5.75 Å². The molecule has 0 unspecified atom stereocenters. The Bertz CT molecular complexity index is 465. The van der Waals surface area contributed by atoms with Gasteiger partial charge in [-0.1, -0.05) is 0 Å². The van der Waals surface area contributed by atoms with Crippen LogP contribution in [0.2, 0.25) is 0 Å². The lowest BCUT2D eigenvalue weighted by atomic mass is 10.3. The van der Waals surface area contributed by atoms with Gasteiger partial charge in [-0.25, -0.2) is 8.78 Å². The molecule has 17 heavy (non-hydrogen) atoms. The number of benzene rings is 1. The third-order valence-electron chi connectivity index (χ3n) is 1.76. The van der Waals surface area contributed by atoms with Gasteiger partial charge in [0.2, 0.25) is 17.4 Å². The molecule has 2 nitrogen and oxygen atoms in total. The van der Waals surface area contributed by atoms with E-state index in [0.717, 1.165) is 0 Å². The minimum Gasteiger partial charge on any atom is -0.420 e. The van der Waals surface area contributed by atoms with Crippen molar-refractivity contribution in [3.05, 3.63) is 29.3 Å². The van der Waals surface area contributed by atoms with Gasteiger partial charge in [0.25, 0.3) is 0 Å². The lowest BCUT2D eigenvalue weighted by Gasteiger charge is -2.06. The molecule has 0 fully saturated rings. The molecule has 0 N–H and O–H groups in total. The number of esters is 1. The second kappa shape index (κ2) is 5.34. The van der Waals surface area contributed by atoms with Gasteiger partial charge < -0.3 is 4.74 Å². The highest BCUT2D eigenvalue weighted by Crippen LogP contribution is 2.26. The Morgan fingerprint density at radius 2 is 1.76 bits per heavy atom. The topological polar surface area (TPSA) is 26.3 Å². The summed E-state index contributed by atoms with van der Waals surface area (Å²) in [5.74, 6) is -7.21. The lowest BCUT2D eigenvalue weighted by Crippen LogP contribution is -2.11. The molecule has 0 bridgehead atoms. The quantitative estimate of drug-likeness (QED) is 0.269. The molecule has 1 aromatic rings. The largest absolute Gasteiger partial charge is 0.420 e. The summed E-state index contributed by atoms with van der Waals surface area (Å²) in [7, 11) is 0. The number of hydrogen-bond acceptors (Lipinski definition) is 2. The Labute approximate surface area is 94.2 Å². The Balaban J connectivity index is 2.99. The average Bonchev–Trinajstić information content (AvgIpc) is 2.29. The SMILES string of the molecule is C#CCCC(=O)Oc1c(F)c(F)cc(F)c1F. The summed E-state index contributed by atoms with van der Waals surface area (Å²) in [4.78, 5) is 11.0. The van der Waals surface area contributed by atoms with Crippen LogP contribution in [0.4, 0.5) is 17.6 Å². The molecule has 6 heteroatoms. The molecule has 90 valence electrons. The fourth-order valence-corrected chi connectivity index (χ4v) is 0.980. The number of halogens is 4. The molecule has 0 aliphatic carbocycles. The van der Waals surface area contributed by atoms with Gasteiger partial charge in [-0.15, -0.1) is 12.3 Å². The summed E-state index contributed by atoms with van der Waals surface area (Å²) in [6.45, 7) is 0. The van der Waals surface area contributed by atoms with Gasteiger partial charge in [-0.05, 0) is 0 Å². The smallest absolute Gasteiger partial charge is 0.312 e.